The van der Waals surface area contributed by atoms with Crippen LogP contribution in [0.25, 0.3) is 5.65 Å². The second kappa shape index (κ2) is 6.33. The lowest BCUT2D eigenvalue weighted by Crippen LogP contribution is -2.40. The first-order valence-electron chi connectivity index (χ1n) is 8.17. The Kier molecular flexibility index (Phi) is 4.27. The van der Waals surface area contributed by atoms with E-state index in [4.69, 9.17) is 4.98 Å². The van der Waals surface area contributed by atoms with Gasteiger partial charge >= 0.3 is 0 Å². The number of hydrogen-bond donors (Lipinski definition) is 1. The molecule has 0 amide bonds. The fourth-order valence-corrected chi connectivity index (χ4v) is 3.15. The van der Waals surface area contributed by atoms with E-state index in [9.17, 15) is 0 Å². The van der Waals surface area contributed by atoms with Crippen molar-refractivity contribution in [3.8, 4) is 0 Å². The van der Waals surface area contributed by atoms with Gasteiger partial charge in [0.25, 0.3) is 0 Å². The summed E-state index contributed by atoms with van der Waals surface area (Å²) in [5, 5.41) is 3.40. The van der Waals surface area contributed by atoms with Crippen molar-refractivity contribution in [1.29, 1.82) is 0 Å². The lowest BCUT2D eigenvalue weighted by atomic mass is 10.0. The number of nitrogens with zero attached hydrogens (tertiary/aromatic N) is 4. The Bertz CT molecular complexity index is 591. The van der Waals surface area contributed by atoms with Crippen molar-refractivity contribution in [2.24, 2.45) is 0 Å². The molecule has 0 spiro atoms. The first-order valence-corrected chi connectivity index (χ1v) is 8.17. The fourth-order valence-electron chi connectivity index (χ4n) is 3.15. The second-order valence-electron chi connectivity index (χ2n) is 5.79. The van der Waals surface area contributed by atoms with Gasteiger partial charge in [0, 0.05) is 31.5 Å². The van der Waals surface area contributed by atoms with E-state index in [1.54, 1.807) is 0 Å². The predicted octanol–water partition coefficient (Wildman–Crippen LogP) is 3.32. The minimum Gasteiger partial charge on any atom is -0.369 e. The number of hydrogen-bond acceptors (Lipinski definition) is 4. The fraction of sp³-hybridized carbons (Fsp3) is 0.625. The maximum absolute atomic E-state index is 4.86. The van der Waals surface area contributed by atoms with E-state index in [0.29, 0.717) is 6.04 Å². The summed E-state index contributed by atoms with van der Waals surface area (Å²) < 4.78 is 2.08. The van der Waals surface area contributed by atoms with Gasteiger partial charge in [0.05, 0.1) is 6.20 Å². The highest BCUT2D eigenvalue weighted by Crippen LogP contribution is 2.28. The molecule has 1 aliphatic heterocycles. The Morgan fingerprint density at radius 1 is 1.33 bits per heavy atom. The molecule has 1 unspecified atom stereocenters. The highest BCUT2D eigenvalue weighted by Gasteiger charge is 2.24. The third kappa shape index (κ3) is 2.82. The van der Waals surface area contributed by atoms with Crippen LogP contribution in [0.4, 0.5) is 11.6 Å². The molecule has 3 heterocycles. The Labute approximate surface area is 126 Å². The summed E-state index contributed by atoms with van der Waals surface area (Å²) in [6.45, 7) is 6.47. The summed E-state index contributed by atoms with van der Waals surface area (Å²) in [5.74, 6) is 1.98. The molecule has 1 aliphatic rings. The van der Waals surface area contributed by atoms with Crippen molar-refractivity contribution < 1.29 is 0 Å². The van der Waals surface area contributed by atoms with Gasteiger partial charge in [-0.1, -0.05) is 13.8 Å². The molecule has 5 nitrogen and oxygen atoms in total. The van der Waals surface area contributed by atoms with E-state index >= 15 is 0 Å². The summed E-state index contributed by atoms with van der Waals surface area (Å²) >= 11 is 0. The molecule has 0 saturated carbocycles. The minimum atomic E-state index is 0.591. The molecule has 114 valence electrons. The minimum absolute atomic E-state index is 0.591. The van der Waals surface area contributed by atoms with Crippen molar-refractivity contribution >= 4 is 17.3 Å². The standard InChI is InChI=1S/C16H25N5/c1-3-8-17-14-12-20-11-9-18-15(20)16(19-14)21-10-6-5-7-13(21)4-2/h9,11-13,17H,3-8,10H2,1-2H3. The van der Waals surface area contributed by atoms with E-state index in [2.05, 4.69) is 33.4 Å². The molecule has 2 aromatic rings. The van der Waals surface area contributed by atoms with E-state index < -0.39 is 0 Å². The number of nitrogens with one attached hydrogen (secondary N) is 1. The van der Waals surface area contributed by atoms with E-state index in [0.717, 1.165) is 36.8 Å². The van der Waals surface area contributed by atoms with Gasteiger partial charge in [0.15, 0.2) is 11.5 Å². The molecule has 21 heavy (non-hydrogen) atoms. The molecular formula is C16H25N5. The van der Waals surface area contributed by atoms with Crippen LogP contribution in [0.2, 0.25) is 0 Å². The maximum atomic E-state index is 4.86. The topological polar surface area (TPSA) is 45.5 Å². The highest BCUT2D eigenvalue weighted by atomic mass is 15.3. The summed E-state index contributed by atoms with van der Waals surface area (Å²) in [6, 6.07) is 0.591. The van der Waals surface area contributed by atoms with Crippen LogP contribution in [0.1, 0.15) is 46.0 Å². The van der Waals surface area contributed by atoms with Crippen molar-refractivity contribution in [3.05, 3.63) is 18.6 Å². The number of fused-ring (bicyclic) bond motifs is 1. The third-order valence-corrected chi connectivity index (χ3v) is 4.28. The summed E-state index contributed by atoms with van der Waals surface area (Å²) in [7, 11) is 0. The van der Waals surface area contributed by atoms with Crippen molar-refractivity contribution in [2.45, 2.75) is 52.0 Å². The van der Waals surface area contributed by atoms with Crippen LogP contribution >= 0.6 is 0 Å². The van der Waals surface area contributed by atoms with E-state index in [1.165, 1.54) is 25.7 Å². The molecule has 1 saturated heterocycles. The SMILES string of the molecule is CCCNc1cn2ccnc2c(N2CCCCC2CC)n1. The molecule has 0 radical (unpaired) electrons. The van der Waals surface area contributed by atoms with Crippen molar-refractivity contribution in [3.63, 3.8) is 0 Å². The number of anilines is 2. The van der Waals surface area contributed by atoms with Gasteiger partial charge in [-0.05, 0) is 32.1 Å². The Morgan fingerprint density at radius 3 is 3.05 bits per heavy atom. The van der Waals surface area contributed by atoms with E-state index in [-0.39, 0.29) is 0 Å². The zero-order valence-electron chi connectivity index (χ0n) is 13.0. The van der Waals surface area contributed by atoms with Gasteiger partial charge in [-0.2, -0.15) is 0 Å². The van der Waals surface area contributed by atoms with Gasteiger partial charge in [-0.25, -0.2) is 9.97 Å². The van der Waals surface area contributed by atoms with Crippen LogP contribution in [0.5, 0.6) is 0 Å². The van der Waals surface area contributed by atoms with E-state index in [1.807, 2.05) is 18.6 Å². The van der Waals surface area contributed by atoms with Gasteiger partial charge in [0.2, 0.25) is 0 Å². The summed E-state index contributed by atoms with van der Waals surface area (Å²) in [5.41, 5.74) is 0.970. The molecule has 1 fully saturated rings. The lowest BCUT2D eigenvalue weighted by Gasteiger charge is -2.36. The van der Waals surface area contributed by atoms with Crippen LogP contribution in [-0.4, -0.2) is 33.5 Å². The monoisotopic (exact) mass is 287 g/mol. The quantitative estimate of drug-likeness (QED) is 0.916. The van der Waals surface area contributed by atoms with Crippen molar-refractivity contribution in [2.75, 3.05) is 23.3 Å². The second-order valence-corrected chi connectivity index (χ2v) is 5.79. The van der Waals surface area contributed by atoms with Crippen molar-refractivity contribution in [1.82, 2.24) is 14.4 Å². The molecule has 0 aromatic carbocycles. The number of aromatic nitrogens is 3. The smallest absolute Gasteiger partial charge is 0.180 e. The lowest BCUT2D eigenvalue weighted by molar-refractivity contribution is 0.447. The normalized spacial score (nSPS) is 19.1. The Morgan fingerprint density at radius 2 is 2.24 bits per heavy atom. The molecular weight excluding hydrogens is 262 g/mol. The van der Waals surface area contributed by atoms with Gasteiger partial charge in [0.1, 0.15) is 5.82 Å². The first kappa shape index (κ1) is 14.2. The number of rotatable bonds is 5. The summed E-state index contributed by atoms with van der Waals surface area (Å²) in [6.07, 6.45) is 12.0. The molecule has 2 aromatic heterocycles. The molecule has 0 bridgehead atoms. The van der Waals surface area contributed by atoms with Crippen LogP contribution in [0, 0.1) is 0 Å². The molecule has 0 aliphatic carbocycles. The Balaban J connectivity index is 2.00. The van der Waals surface area contributed by atoms with Gasteiger partial charge in [-0.3, -0.25) is 0 Å². The average molecular weight is 287 g/mol. The third-order valence-electron chi connectivity index (χ3n) is 4.28. The molecule has 3 rings (SSSR count). The Hall–Kier alpha value is -1.78. The van der Waals surface area contributed by atoms with Crippen LogP contribution in [0.15, 0.2) is 18.6 Å². The zero-order valence-corrected chi connectivity index (χ0v) is 13.0. The maximum Gasteiger partial charge on any atom is 0.180 e. The number of imidazole rings is 1. The molecule has 1 N–H and O–H groups in total. The largest absolute Gasteiger partial charge is 0.369 e. The van der Waals surface area contributed by atoms with Crippen LogP contribution in [0.3, 0.4) is 0 Å². The highest BCUT2D eigenvalue weighted by molar-refractivity contribution is 5.67. The van der Waals surface area contributed by atoms with Crippen LogP contribution < -0.4 is 10.2 Å². The van der Waals surface area contributed by atoms with Crippen LogP contribution in [-0.2, 0) is 0 Å². The average Bonchev–Trinajstić information content (AvgIpc) is 3.00. The van der Waals surface area contributed by atoms with Gasteiger partial charge in [-0.15, -0.1) is 0 Å². The summed E-state index contributed by atoms with van der Waals surface area (Å²) in [4.78, 5) is 11.8. The molecule has 5 heteroatoms. The first-order chi connectivity index (χ1) is 10.3. The zero-order chi connectivity index (χ0) is 14.7. The predicted molar refractivity (Wildman–Crippen MR) is 87.0 cm³/mol. The number of piperidine rings is 1. The van der Waals surface area contributed by atoms with Gasteiger partial charge < -0.3 is 14.6 Å². The molecule has 1 atom stereocenters.